The highest BCUT2D eigenvalue weighted by molar-refractivity contribution is 7.09. The van der Waals surface area contributed by atoms with Gasteiger partial charge in [0.25, 0.3) is 0 Å². The highest BCUT2D eigenvalue weighted by Gasteiger charge is 2.20. The van der Waals surface area contributed by atoms with Crippen molar-refractivity contribution in [2.45, 2.75) is 25.7 Å². The molecule has 2 aromatic rings. The van der Waals surface area contributed by atoms with Gasteiger partial charge in [-0.15, -0.1) is 11.3 Å². The first-order valence-electron chi connectivity index (χ1n) is 5.82. The van der Waals surface area contributed by atoms with Gasteiger partial charge < -0.3 is 10.5 Å². The van der Waals surface area contributed by atoms with Gasteiger partial charge in [0.15, 0.2) is 0 Å². The molecule has 2 unspecified atom stereocenters. The molecule has 0 fully saturated rings. The summed E-state index contributed by atoms with van der Waals surface area (Å²) in [6.45, 7) is 2.28. The summed E-state index contributed by atoms with van der Waals surface area (Å²) in [5, 5.41) is 1.99. The van der Waals surface area contributed by atoms with Crippen LogP contribution in [-0.4, -0.2) is 6.04 Å². The van der Waals surface area contributed by atoms with E-state index in [1.54, 1.807) is 29.5 Å². The van der Waals surface area contributed by atoms with Crippen molar-refractivity contribution in [3.8, 4) is 0 Å². The first kappa shape index (κ1) is 13.2. The lowest BCUT2D eigenvalue weighted by Gasteiger charge is -2.22. The Hall–Kier alpha value is -1.23. The Morgan fingerprint density at radius 2 is 2.06 bits per heavy atom. The first-order chi connectivity index (χ1) is 8.68. The van der Waals surface area contributed by atoms with Crippen LogP contribution >= 0.6 is 11.3 Å². The lowest BCUT2D eigenvalue weighted by molar-refractivity contribution is 0.0251. The third-order valence-electron chi connectivity index (χ3n) is 2.67. The fourth-order valence-corrected chi connectivity index (χ4v) is 2.42. The summed E-state index contributed by atoms with van der Waals surface area (Å²) in [4.78, 5) is 1.11. The van der Waals surface area contributed by atoms with Crippen LogP contribution in [0.5, 0.6) is 0 Å². The third kappa shape index (κ3) is 3.16. The average Bonchev–Trinajstić information content (AvgIpc) is 2.84. The highest BCUT2D eigenvalue weighted by Crippen LogP contribution is 2.25. The van der Waals surface area contributed by atoms with Gasteiger partial charge in [0.1, 0.15) is 11.9 Å². The fourth-order valence-electron chi connectivity index (χ4n) is 1.80. The van der Waals surface area contributed by atoms with Crippen LogP contribution in [0.3, 0.4) is 0 Å². The van der Waals surface area contributed by atoms with Gasteiger partial charge in [-0.1, -0.05) is 24.3 Å². The second-order valence-electron chi connectivity index (χ2n) is 4.19. The van der Waals surface area contributed by atoms with Crippen molar-refractivity contribution >= 4 is 11.3 Å². The molecule has 0 radical (unpaired) electrons. The van der Waals surface area contributed by atoms with Gasteiger partial charge in [-0.05, 0) is 24.4 Å². The van der Waals surface area contributed by atoms with E-state index < -0.39 is 6.10 Å². The number of hydrogen-bond acceptors (Lipinski definition) is 3. The van der Waals surface area contributed by atoms with Crippen LogP contribution in [0.15, 0.2) is 41.8 Å². The minimum absolute atomic E-state index is 0.262. The highest BCUT2D eigenvalue weighted by atomic mass is 32.1. The van der Waals surface area contributed by atoms with Gasteiger partial charge in [0.2, 0.25) is 0 Å². The Balaban J connectivity index is 2.11. The Morgan fingerprint density at radius 1 is 1.28 bits per heavy atom. The van der Waals surface area contributed by atoms with Crippen molar-refractivity contribution in [3.63, 3.8) is 0 Å². The number of ether oxygens (including phenoxy) is 1. The Morgan fingerprint density at radius 3 is 2.67 bits per heavy atom. The van der Waals surface area contributed by atoms with Crippen LogP contribution in [0.25, 0.3) is 0 Å². The number of nitrogens with two attached hydrogens (primary N) is 1. The molecule has 1 aromatic heterocycles. The molecular weight excluding hydrogens is 249 g/mol. The number of halogens is 1. The molecule has 0 bridgehead atoms. The minimum Gasteiger partial charge on any atom is -0.366 e. The smallest absolute Gasteiger partial charge is 0.129 e. The zero-order valence-corrected chi connectivity index (χ0v) is 11.0. The van der Waals surface area contributed by atoms with Crippen molar-refractivity contribution in [2.75, 3.05) is 0 Å². The predicted octanol–water partition coefficient (Wildman–Crippen LogP) is 3.49. The lowest BCUT2D eigenvalue weighted by atomic mass is 10.0. The van der Waals surface area contributed by atoms with Gasteiger partial charge in [0, 0.05) is 16.5 Å². The van der Waals surface area contributed by atoms with Crippen LogP contribution in [0.4, 0.5) is 4.39 Å². The van der Waals surface area contributed by atoms with E-state index in [4.69, 9.17) is 10.5 Å². The second-order valence-corrected chi connectivity index (χ2v) is 5.22. The van der Waals surface area contributed by atoms with Gasteiger partial charge in [-0.3, -0.25) is 0 Å². The lowest BCUT2D eigenvalue weighted by Crippen LogP contribution is -2.27. The van der Waals surface area contributed by atoms with E-state index in [9.17, 15) is 4.39 Å². The molecule has 0 aliphatic carbocycles. The van der Waals surface area contributed by atoms with E-state index in [1.807, 2.05) is 24.4 Å². The molecule has 2 nitrogen and oxygen atoms in total. The van der Waals surface area contributed by atoms with Gasteiger partial charge in [-0.2, -0.15) is 0 Å². The van der Waals surface area contributed by atoms with Gasteiger partial charge in [-0.25, -0.2) is 4.39 Å². The van der Waals surface area contributed by atoms with Crippen LogP contribution < -0.4 is 5.73 Å². The Bertz CT molecular complexity index is 484. The van der Waals surface area contributed by atoms with E-state index in [1.165, 1.54) is 6.07 Å². The summed E-state index contributed by atoms with van der Waals surface area (Å²) in [5.74, 6) is -0.272. The molecule has 0 aliphatic heterocycles. The maximum Gasteiger partial charge on any atom is 0.129 e. The van der Waals surface area contributed by atoms with Crippen molar-refractivity contribution in [1.29, 1.82) is 0 Å². The molecule has 2 N–H and O–H groups in total. The Kier molecular flexibility index (Phi) is 4.47. The first-order valence-corrected chi connectivity index (χ1v) is 6.70. The molecule has 0 saturated heterocycles. The standard InChI is InChI=1S/C14H16FNOS/c1-10(16)14(12-6-2-3-7-13(12)15)17-9-11-5-4-8-18-11/h2-8,10,14H,9,16H2,1H3. The zero-order valence-electron chi connectivity index (χ0n) is 10.2. The predicted molar refractivity (Wildman–Crippen MR) is 71.9 cm³/mol. The average molecular weight is 265 g/mol. The normalized spacial score (nSPS) is 14.4. The maximum absolute atomic E-state index is 13.7. The zero-order chi connectivity index (χ0) is 13.0. The summed E-state index contributed by atoms with van der Waals surface area (Å²) in [6.07, 6.45) is -0.423. The van der Waals surface area contributed by atoms with E-state index in [-0.39, 0.29) is 11.9 Å². The molecule has 4 heteroatoms. The molecule has 0 saturated carbocycles. The molecule has 18 heavy (non-hydrogen) atoms. The van der Waals surface area contributed by atoms with Crippen molar-refractivity contribution < 1.29 is 9.13 Å². The summed E-state index contributed by atoms with van der Waals surface area (Å²) in [7, 11) is 0. The van der Waals surface area contributed by atoms with Crippen molar-refractivity contribution in [2.24, 2.45) is 5.73 Å². The molecule has 1 heterocycles. The van der Waals surface area contributed by atoms with Crippen LogP contribution in [0.1, 0.15) is 23.5 Å². The summed E-state index contributed by atoms with van der Waals surface area (Å²) in [5.41, 5.74) is 6.41. The maximum atomic E-state index is 13.7. The molecular formula is C14H16FNOS. The summed E-state index contributed by atoms with van der Waals surface area (Å²) >= 11 is 1.62. The van der Waals surface area contributed by atoms with E-state index >= 15 is 0 Å². The largest absolute Gasteiger partial charge is 0.366 e. The number of benzene rings is 1. The van der Waals surface area contributed by atoms with Crippen LogP contribution in [-0.2, 0) is 11.3 Å². The molecule has 0 aliphatic rings. The molecule has 2 rings (SSSR count). The fraction of sp³-hybridized carbons (Fsp3) is 0.286. The third-order valence-corrected chi connectivity index (χ3v) is 3.52. The SMILES string of the molecule is CC(N)C(OCc1cccs1)c1ccccc1F. The molecule has 96 valence electrons. The van der Waals surface area contributed by atoms with E-state index in [2.05, 4.69) is 0 Å². The molecule has 1 aromatic carbocycles. The summed E-state index contributed by atoms with van der Waals surface area (Å²) in [6, 6.07) is 10.3. The quantitative estimate of drug-likeness (QED) is 0.898. The molecule has 0 amide bonds. The van der Waals surface area contributed by atoms with Gasteiger partial charge in [0.05, 0.1) is 6.61 Å². The number of rotatable bonds is 5. The van der Waals surface area contributed by atoms with Gasteiger partial charge >= 0.3 is 0 Å². The number of thiophene rings is 1. The van der Waals surface area contributed by atoms with Crippen LogP contribution in [0, 0.1) is 5.82 Å². The number of hydrogen-bond donors (Lipinski definition) is 1. The van der Waals surface area contributed by atoms with E-state index in [0.717, 1.165) is 4.88 Å². The minimum atomic E-state index is -0.423. The van der Waals surface area contributed by atoms with Crippen LogP contribution in [0.2, 0.25) is 0 Å². The second kappa shape index (κ2) is 6.09. The molecule has 2 atom stereocenters. The van der Waals surface area contributed by atoms with Crippen molar-refractivity contribution in [1.82, 2.24) is 0 Å². The molecule has 0 spiro atoms. The topological polar surface area (TPSA) is 35.2 Å². The Labute approximate surface area is 110 Å². The van der Waals surface area contributed by atoms with Crippen molar-refractivity contribution in [3.05, 3.63) is 58.0 Å². The van der Waals surface area contributed by atoms with E-state index in [0.29, 0.717) is 12.2 Å². The monoisotopic (exact) mass is 265 g/mol. The summed E-state index contributed by atoms with van der Waals surface area (Å²) < 4.78 is 19.5.